The van der Waals surface area contributed by atoms with Crippen LogP contribution in [0.15, 0.2) is 6.33 Å². The fourth-order valence-electron chi connectivity index (χ4n) is 2.70. The molecule has 33 heavy (non-hydrogen) atoms. The van der Waals surface area contributed by atoms with Crippen LogP contribution in [0.3, 0.4) is 0 Å². The van der Waals surface area contributed by atoms with Gasteiger partial charge in [-0.3, -0.25) is 9.59 Å². The number of hydrogen-bond acceptors (Lipinski definition) is 8. The number of amides is 2. The molecule has 0 saturated heterocycles. The maximum absolute atomic E-state index is 12.9. The number of nitrogens with one attached hydrogen (secondary N) is 3. The van der Waals surface area contributed by atoms with Gasteiger partial charge in [-0.2, -0.15) is 0 Å². The molecule has 2 atom stereocenters. The van der Waals surface area contributed by atoms with E-state index < -0.39 is 47.0 Å². The summed E-state index contributed by atoms with van der Waals surface area (Å²) in [5.41, 5.74) is 3.72. The molecular weight excluding hydrogens is 430 g/mol. The summed E-state index contributed by atoms with van der Waals surface area (Å²) in [6.07, 6.45) is 2.78. The summed E-state index contributed by atoms with van der Waals surface area (Å²) < 4.78 is 10.6. The number of imidazole rings is 1. The minimum absolute atomic E-state index is 0.142. The van der Waals surface area contributed by atoms with Gasteiger partial charge in [-0.15, -0.1) is 0 Å². The van der Waals surface area contributed by atoms with Crippen LogP contribution >= 0.6 is 0 Å². The Balaban J connectivity index is 2.93. The summed E-state index contributed by atoms with van der Waals surface area (Å²) >= 11 is 0. The first-order valence-corrected chi connectivity index (χ1v) is 11.0. The highest BCUT2D eigenvalue weighted by Crippen LogP contribution is 2.13. The second-order valence-electron chi connectivity index (χ2n) is 9.70. The van der Waals surface area contributed by atoms with Crippen LogP contribution in [0.2, 0.25) is 0 Å². The lowest BCUT2D eigenvalue weighted by atomic mass is 10.1. The Bertz CT molecular complexity index is 837. The molecule has 11 nitrogen and oxygen atoms in total. The lowest BCUT2D eigenvalue weighted by molar-refractivity contribution is -0.158. The summed E-state index contributed by atoms with van der Waals surface area (Å²) in [4.78, 5) is 56.7. The first-order chi connectivity index (χ1) is 15.1. The molecule has 186 valence electrons. The van der Waals surface area contributed by atoms with E-state index in [-0.39, 0.29) is 11.4 Å². The number of aromatic nitrogens is 2. The van der Waals surface area contributed by atoms with E-state index in [1.54, 1.807) is 41.5 Å². The molecular formula is C22H37N5O6. The Hall–Kier alpha value is -2.95. The van der Waals surface area contributed by atoms with Crippen LogP contribution in [0.4, 0.5) is 0 Å². The maximum Gasteiger partial charge on any atom is 0.329 e. The van der Waals surface area contributed by atoms with Crippen molar-refractivity contribution < 1.29 is 28.7 Å². The van der Waals surface area contributed by atoms with Gasteiger partial charge in [-0.1, -0.05) is 0 Å². The van der Waals surface area contributed by atoms with Crippen LogP contribution in [0.5, 0.6) is 0 Å². The molecule has 1 aromatic heterocycles. The molecule has 0 saturated carbocycles. The number of H-pyrrole nitrogens is 1. The van der Waals surface area contributed by atoms with Gasteiger partial charge in [0.05, 0.1) is 6.33 Å². The topological polar surface area (TPSA) is 165 Å². The molecule has 1 aromatic rings. The number of unbranched alkanes of at least 4 members (excludes halogenated alkanes) is 1. The van der Waals surface area contributed by atoms with E-state index in [9.17, 15) is 19.2 Å². The highest BCUT2D eigenvalue weighted by Gasteiger charge is 2.30. The lowest BCUT2D eigenvalue weighted by Crippen LogP contribution is -2.45. The van der Waals surface area contributed by atoms with Crippen LogP contribution in [0.1, 0.15) is 88.7 Å². The summed E-state index contributed by atoms with van der Waals surface area (Å²) in [6, 6.07) is -1.89. The molecule has 0 spiro atoms. The number of esters is 2. The predicted molar refractivity (Wildman–Crippen MR) is 121 cm³/mol. The minimum Gasteiger partial charge on any atom is -0.458 e. The Labute approximate surface area is 194 Å². The fourth-order valence-corrected chi connectivity index (χ4v) is 2.70. The molecule has 0 bridgehead atoms. The average molecular weight is 468 g/mol. The smallest absolute Gasteiger partial charge is 0.329 e. The molecule has 2 amide bonds. The van der Waals surface area contributed by atoms with Crippen molar-refractivity contribution in [2.45, 2.75) is 91.0 Å². The van der Waals surface area contributed by atoms with E-state index in [1.807, 2.05) is 0 Å². The number of aromatic amines is 1. The van der Waals surface area contributed by atoms with Gasteiger partial charge in [0, 0.05) is 0 Å². The quantitative estimate of drug-likeness (QED) is 0.296. The summed E-state index contributed by atoms with van der Waals surface area (Å²) in [6.45, 7) is 12.2. The van der Waals surface area contributed by atoms with E-state index in [4.69, 9.17) is 15.2 Å². The second kappa shape index (κ2) is 11.8. The normalized spacial score (nSPS) is 13.6. The van der Waals surface area contributed by atoms with E-state index in [2.05, 4.69) is 20.6 Å². The number of ether oxygens (including phenoxy) is 2. The Kier molecular flexibility index (Phi) is 10.0. The molecule has 0 aliphatic heterocycles. The number of nitrogens with two attached hydrogens (primary N) is 1. The Morgan fingerprint density at radius 1 is 0.970 bits per heavy atom. The van der Waals surface area contributed by atoms with Crippen molar-refractivity contribution in [3.63, 3.8) is 0 Å². The molecule has 1 rings (SSSR count). The van der Waals surface area contributed by atoms with Crippen LogP contribution in [0.25, 0.3) is 0 Å². The number of carbonyl (C=O) groups is 4. The van der Waals surface area contributed by atoms with Crippen molar-refractivity contribution in [1.82, 2.24) is 20.6 Å². The predicted octanol–water partition coefficient (Wildman–Crippen LogP) is 1.44. The van der Waals surface area contributed by atoms with Gasteiger partial charge >= 0.3 is 11.9 Å². The van der Waals surface area contributed by atoms with Crippen LogP contribution in [-0.2, 0) is 19.1 Å². The number of carbonyl (C=O) groups excluding carboxylic acids is 4. The van der Waals surface area contributed by atoms with Gasteiger partial charge in [-0.25, -0.2) is 14.6 Å². The van der Waals surface area contributed by atoms with Crippen molar-refractivity contribution >= 4 is 23.8 Å². The highest BCUT2D eigenvalue weighted by atomic mass is 16.6. The maximum atomic E-state index is 12.9. The third kappa shape index (κ3) is 10.0. The van der Waals surface area contributed by atoms with Gasteiger partial charge in [0.1, 0.15) is 29.0 Å². The average Bonchev–Trinajstić information content (AvgIpc) is 3.14. The number of nitrogens with zero attached hydrogens (tertiary/aromatic N) is 1. The zero-order valence-corrected chi connectivity index (χ0v) is 20.5. The minimum atomic E-state index is -0.963. The van der Waals surface area contributed by atoms with E-state index >= 15 is 0 Å². The highest BCUT2D eigenvalue weighted by molar-refractivity contribution is 6.06. The van der Waals surface area contributed by atoms with Crippen LogP contribution in [-0.4, -0.2) is 63.6 Å². The first kappa shape index (κ1) is 28.1. The van der Waals surface area contributed by atoms with Crippen molar-refractivity contribution in [1.29, 1.82) is 0 Å². The largest absolute Gasteiger partial charge is 0.458 e. The number of rotatable bonds is 10. The molecule has 11 heteroatoms. The summed E-state index contributed by atoms with van der Waals surface area (Å²) in [5, 5.41) is 5.07. The van der Waals surface area contributed by atoms with Gasteiger partial charge in [0.15, 0.2) is 5.69 Å². The van der Waals surface area contributed by atoms with Gasteiger partial charge in [0.2, 0.25) is 0 Å². The van der Waals surface area contributed by atoms with E-state index in [1.165, 1.54) is 13.3 Å². The summed E-state index contributed by atoms with van der Waals surface area (Å²) in [5.74, 6) is -2.65. The SMILES string of the molecule is CC(NC(=O)c1nc[nH]c1C(=O)NC(CCCCN)C(=O)OC(C)(C)C)C(=O)OC(C)(C)C. The van der Waals surface area contributed by atoms with Crippen molar-refractivity contribution in [2.24, 2.45) is 5.73 Å². The fraction of sp³-hybridized carbons (Fsp3) is 0.682. The van der Waals surface area contributed by atoms with Gasteiger partial charge < -0.3 is 30.8 Å². The third-order valence-corrected chi connectivity index (χ3v) is 4.13. The molecule has 2 unspecified atom stereocenters. The number of hydrogen-bond donors (Lipinski definition) is 4. The van der Waals surface area contributed by atoms with Gasteiger partial charge in [0.25, 0.3) is 11.8 Å². The van der Waals surface area contributed by atoms with Crippen molar-refractivity contribution in [3.8, 4) is 0 Å². The van der Waals surface area contributed by atoms with Crippen LogP contribution in [0, 0.1) is 0 Å². The van der Waals surface area contributed by atoms with Crippen molar-refractivity contribution in [3.05, 3.63) is 17.7 Å². The second-order valence-corrected chi connectivity index (χ2v) is 9.70. The molecule has 0 aromatic carbocycles. The summed E-state index contributed by atoms with van der Waals surface area (Å²) in [7, 11) is 0. The monoisotopic (exact) mass is 467 g/mol. The zero-order valence-electron chi connectivity index (χ0n) is 20.5. The van der Waals surface area contributed by atoms with E-state index in [0.29, 0.717) is 25.8 Å². The molecule has 1 heterocycles. The van der Waals surface area contributed by atoms with Crippen molar-refractivity contribution in [2.75, 3.05) is 6.54 Å². The molecule has 0 fully saturated rings. The van der Waals surface area contributed by atoms with E-state index in [0.717, 1.165) is 0 Å². The third-order valence-electron chi connectivity index (χ3n) is 4.13. The first-order valence-electron chi connectivity index (χ1n) is 11.0. The van der Waals surface area contributed by atoms with Crippen LogP contribution < -0.4 is 16.4 Å². The zero-order chi connectivity index (χ0) is 25.4. The Morgan fingerprint density at radius 2 is 1.55 bits per heavy atom. The molecule has 0 aliphatic rings. The van der Waals surface area contributed by atoms with Gasteiger partial charge in [-0.05, 0) is 74.3 Å². The molecule has 5 N–H and O–H groups in total. The molecule has 0 radical (unpaired) electrons. The lowest BCUT2D eigenvalue weighted by Gasteiger charge is -2.24. The molecule has 0 aliphatic carbocycles. The standard InChI is InChI=1S/C22H37N5O6/c1-13(19(30)32-21(2,3)4)26-17(28)15-16(25-12-24-15)18(29)27-14(10-8-9-11-23)20(31)33-22(5,6)7/h12-14H,8-11,23H2,1-7H3,(H,24,25)(H,26,28)(H,27,29). The Morgan fingerprint density at radius 3 is 2.09 bits per heavy atom.